The van der Waals surface area contributed by atoms with Gasteiger partial charge in [-0.15, -0.1) is 0 Å². The number of rotatable bonds is 4. The van der Waals surface area contributed by atoms with Crippen LogP contribution in [-0.2, 0) is 9.31 Å². The first kappa shape index (κ1) is 33.5. The number of hydrogen-bond donors (Lipinski definition) is 2. The molecule has 6 heteroatoms. The average molecular weight is 318 g/mol. The highest BCUT2D eigenvalue weighted by Gasteiger charge is 2.33. The second kappa shape index (κ2) is 23.2. The van der Waals surface area contributed by atoms with Gasteiger partial charge in [0.15, 0.2) is 0 Å². The summed E-state index contributed by atoms with van der Waals surface area (Å²) in [6.07, 6.45) is 1.25. The van der Waals surface area contributed by atoms with Gasteiger partial charge in [0.1, 0.15) is 0 Å². The molecular formula is C16H40B2O4. The molecule has 0 atom stereocenters. The van der Waals surface area contributed by atoms with Crippen molar-refractivity contribution < 1.29 is 19.5 Å². The lowest BCUT2D eigenvalue weighted by molar-refractivity contribution is -0.0876. The molecule has 0 saturated heterocycles. The SMILES string of the molecule is CC.CCC.CO.[B]OC(C)(C)C(C)(C)O.[B]OCC(C)C. The quantitative estimate of drug-likeness (QED) is 0.780. The fraction of sp³-hybridized carbons (Fsp3) is 1.00. The van der Waals surface area contributed by atoms with Crippen molar-refractivity contribution in [2.45, 2.75) is 86.9 Å². The summed E-state index contributed by atoms with van der Waals surface area (Å²) < 4.78 is 8.86. The van der Waals surface area contributed by atoms with E-state index in [0.717, 1.165) is 7.11 Å². The van der Waals surface area contributed by atoms with Gasteiger partial charge >= 0.3 is 0 Å². The minimum Gasteiger partial charge on any atom is -0.447 e. The highest BCUT2D eigenvalue weighted by Crippen LogP contribution is 2.23. The van der Waals surface area contributed by atoms with Crippen molar-refractivity contribution in [3.8, 4) is 0 Å². The third-order valence-electron chi connectivity index (χ3n) is 2.20. The van der Waals surface area contributed by atoms with E-state index in [1.165, 1.54) is 6.42 Å². The topological polar surface area (TPSA) is 58.9 Å². The first-order valence-electron chi connectivity index (χ1n) is 7.86. The van der Waals surface area contributed by atoms with Crippen molar-refractivity contribution in [2.24, 2.45) is 5.92 Å². The van der Waals surface area contributed by atoms with Crippen molar-refractivity contribution in [3.05, 3.63) is 0 Å². The third kappa shape index (κ3) is 32.1. The van der Waals surface area contributed by atoms with Gasteiger partial charge in [0.2, 0.25) is 0 Å². The van der Waals surface area contributed by atoms with E-state index in [2.05, 4.69) is 23.2 Å². The summed E-state index contributed by atoms with van der Waals surface area (Å²) in [6, 6.07) is 0. The molecule has 0 rings (SSSR count). The lowest BCUT2D eigenvalue weighted by Crippen LogP contribution is -2.46. The Hall–Kier alpha value is -0.0301. The molecule has 0 aliphatic rings. The van der Waals surface area contributed by atoms with Crippen LogP contribution in [0.3, 0.4) is 0 Å². The first-order valence-corrected chi connectivity index (χ1v) is 7.86. The van der Waals surface area contributed by atoms with E-state index in [1.54, 1.807) is 27.7 Å². The van der Waals surface area contributed by atoms with Gasteiger partial charge < -0.3 is 19.5 Å². The summed E-state index contributed by atoms with van der Waals surface area (Å²) in [5, 5.41) is 16.3. The molecule has 0 heterocycles. The molecule has 0 aromatic carbocycles. The van der Waals surface area contributed by atoms with Crippen molar-refractivity contribution in [1.29, 1.82) is 0 Å². The summed E-state index contributed by atoms with van der Waals surface area (Å²) in [4.78, 5) is 0. The molecule has 134 valence electrons. The van der Waals surface area contributed by atoms with Gasteiger partial charge in [0, 0.05) is 13.7 Å². The Morgan fingerprint density at radius 1 is 0.955 bits per heavy atom. The van der Waals surface area contributed by atoms with E-state index in [0.29, 0.717) is 12.5 Å². The number of aliphatic hydroxyl groups is 2. The van der Waals surface area contributed by atoms with E-state index >= 15 is 0 Å². The minimum atomic E-state index is -0.901. The summed E-state index contributed by atoms with van der Waals surface area (Å²) in [7, 11) is 10.7. The van der Waals surface area contributed by atoms with Crippen molar-refractivity contribution in [2.75, 3.05) is 13.7 Å². The molecule has 0 spiro atoms. The Balaban J connectivity index is -0.0000000642. The van der Waals surface area contributed by atoms with E-state index in [4.69, 9.17) is 21.2 Å². The summed E-state index contributed by atoms with van der Waals surface area (Å²) in [5.41, 5.74) is -1.59. The van der Waals surface area contributed by atoms with Crippen LogP contribution in [0, 0.1) is 5.92 Å². The second-order valence-corrected chi connectivity index (χ2v) is 5.62. The average Bonchev–Trinajstić information content (AvgIpc) is 2.43. The molecule has 0 bridgehead atoms. The van der Waals surface area contributed by atoms with Crippen LogP contribution < -0.4 is 0 Å². The molecule has 0 amide bonds. The molecule has 22 heavy (non-hydrogen) atoms. The third-order valence-corrected chi connectivity index (χ3v) is 2.20. The maximum Gasteiger partial charge on any atom is 0.283 e. The summed E-state index contributed by atoms with van der Waals surface area (Å²) in [5.74, 6) is 0.551. The van der Waals surface area contributed by atoms with Gasteiger partial charge in [-0.05, 0) is 33.6 Å². The van der Waals surface area contributed by atoms with Gasteiger partial charge in [-0.25, -0.2) is 0 Å². The normalized spacial score (nSPS) is 9.73. The molecule has 0 unspecified atom stereocenters. The first-order chi connectivity index (χ1) is 9.99. The van der Waals surface area contributed by atoms with Crippen molar-refractivity contribution >= 4 is 16.1 Å². The molecule has 0 aromatic rings. The van der Waals surface area contributed by atoms with Crippen LogP contribution in [0.5, 0.6) is 0 Å². The molecule has 2 N–H and O–H groups in total. The Morgan fingerprint density at radius 2 is 1.23 bits per heavy atom. The maximum atomic E-state index is 9.34. The van der Waals surface area contributed by atoms with Gasteiger partial charge in [-0.2, -0.15) is 0 Å². The van der Waals surface area contributed by atoms with Gasteiger partial charge in [0.25, 0.3) is 16.1 Å². The van der Waals surface area contributed by atoms with E-state index < -0.39 is 11.2 Å². The Morgan fingerprint density at radius 3 is 1.23 bits per heavy atom. The molecular weight excluding hydrogens is 278 g/mol. The van der Waals surface area contributed by atoms with Gasteiger partial charge in [-0.3, -0.25) is 0 Å². The van der Waals surface area contributed by atoms with E-state index in [1.807, 2.05) is 27.7 Å². The van der Waals surface area contributed by atoms with Crippen LogP contribution in [0.1, 0.15) is 75.7 Å². The smallest absolute Gasteiger partial charge is 0.283 e. The molecule has 0 aliphatic carbocycles. The lowest BCUT2D eigenvalue weighted by atomic mass is 9.89. The minimum absolute atomic E-state index is 0.551. The molecule has 0 aliphatic heterocycles. The zero-order valence-electron chi connectivity index (χ0n) is 16.9. The monoisotopic (exact) mass is 318 g/mol. The predicted molar refractivity (Wildman–Crippen MR) is 99.2 cm³/mol. The second-order valence-electron chi connectivity index (χ2n) is 5.62. The molecule has 4 radical (unpaired) electrons. The Bertz CT molecular complexity index is 170. The zero-order chi connectivity index (χ0) is 19.4. The zero-order valence-corrected chi connectivity index (χ0v) is 16.9. The van der Waals surface area contributed by atoms with E-state index in [9.17, 15) is 5.11 Å². The van der Waals surface area contributed by atoms with Crippen LogP contribution in [-0.4, -0.2) is 51.2 Å². The number of aliphatic hydroxyl groups excluding tert-OH is 1. The standard InChI is InChI=1S/C6H13BO2.C4H9BO.C3H8.C2H6.CH4O/c1-5(2,8)6(3,4)9-7;1-4(2)3-6-5;1-3-2;2*1-2/h8H,1-4H3;4H,3H2,1-2H3;3H2,1-2H3;1-2H3;2H,1H3. The van der Waals surface area contributed by atoms with Crippen LogP contribution >= 0.6 is 0 Å². The molecule has 0 aromatic heterocycles. The molecule has 4 nitrogen and oxygen atoms in total. The summed E-state index contributed by atoms with van der Waals surface area (Å²) >= 11 is 0. The van der Waals surface area contributed by atoms with Gasteiger partial charge in [-0.1, -0.05) is 48.0 Å². The largest absolute Gasteiger partial charge is 0.447 e. The van der Waals surface area contributed by atoms with Crippen LogP contribution in [0.15, 0.2) is 0 Å². The highest BCUT2D eigenvalue weighted by atomic mass is 16.5. The summed E-state index contributed by atoms with van der Waals surface area (Å²) in [6.45, 7) is 19.8. The van der Waals surface area contributed by atoms with Crippen molar-refractivity contribution in [3.63, 3.8) is 0 Å². The van der Waals surface area contributed by atoms with Gasteiger partial charge in [0.05, 0.1) is 11.2 Å². The fourth-order valence-electron chi connectivity index (χ4n) is 0.337. The maximum absolute atomic E-state index is 9.34. The number of hydrogen-bond acceptors (Lipinski definition) is 4. The van der Waals surface area contributed by atoms with Crippen LogP contribution in [0.2, 0.25) is 0 Å². The van der Waals surface area contributed by atoms with Crippen molar-refractivity contribution in [1.82, 2.24) is 0 Å². The fourth-order valence-corrected chi connectivity index (χ4v) is 0.337. The Kier molecular flexibility index (Phi) is 35.4. The Labute approximate surface area is 142 Å². The van der Waals surface area contributed by atoms with E-state index in [-0.39, 0.29) is 0 Å². The van der Waals surface area contributed by atoms with Crippen LogP contribution in [0.25, 0.3) is 0 Å². The highest BCUT2D eigenvalue weighted by molar-refractivity contribution is 5.98. The predicted octanol–water partition coefficient (Wildman–Crippen LogP) is 3.43. The molecule has 0 saturated carbocycles. The van der Waals surface area contributed by atoms with Crippen LogP contribution in [0.4, 0.5) is 0 Å². The molecule has 0 fully saturated rings. The lowest BCUT2D eigenvalue weighted by Gasteiger charge is -2.36.